The van der Waals surface area contributed by atoms with Gasteiger partial charge in [0.05, 0.1) is 24.1 Å². The molecule has 2 heterocycles. The van der Waals surface area contributed by atoms with Gasteiger partial charge in [0.25, 0.3) is 0 Å². The van der Waals surface area contributed by atoms with E-state index in [9.17, 15) is 4.79 Å². The molecular formula is C19H18ClNO4. The molecular weight excluding hydrogens is 342 g/mol. The van der Waals surface area contributed by atoms with Crippen molar-refractivity contribution < 1.29 is 19.0 Å². The Hall–Kier alpha value is -2.40. The molecule has 1 N–H and O–H groups in total. The standard InChI is InChI=1S/C19H18ClNO4/c20-14-9-12(10-17-19(14)25-8-7-24-17)11-18(22)21-15-5-6-23-16-4-2-1-3-13(15)16/h1-4,9-10,15H,5-8,11H2,(H,21,22)/t15-/m0/s1. The number of rotatable bonds is 3. The summed E-state index contributed by atoms with van der Waals surface area (Å²) < 4.78 is 16.7. The van der Waals surface area contributed by atoms with Crippen molar-refractivity contribution in [2.24, 2.45) is 0 Å². The first kappa shape index (κ1) is 16.1. The van der Waals surface area contributed by atoms with Gasteiger partial charge in [0.1, 0.15) is 19.0 Å². The molecule has 6 heteroatoms. The SMILES string of the molecule is O=C(Cc1cc(Cl)c2c(c1)OCCO2)N[C@H]1CCOc2ccccc21. The van der Waals surface area contributed by atoms with E-state index >= 15 is 0 Å². The summed E-state index contributed by atoms with van der Waals surface area (Å²) in [6.45, 7) is 1.56. The van der Waals surface area contributed by atoms with Gasteiger partial charge in [-0.2, -0.15) is 0 Å². The maximum Gasteiger partial charge on any atom is 0.224 e. The Balaban J connectivity index is 1.47. The van der Waals surface area contributed by atoms with Crippen LogP contribution in [-0.4, -0.2) is 25.7 Å². The fourth-order valence-corrected chi connectivity index (χ4v) is 3.48. The number of nitrogens with one attached hydrogen (secondary N) is 1. The van der Waals surface area contributed by atoms with Crippen molar-refractivity contribution in [1.82, 2.24) is 5.32 Å². The number of carbonyl (C=O) groups is 1. The fraction of sp³-hybridized carbons (Fsp3) is 0.316. The van der Waals surface area contributed by atoms with Gasteiger partial charge in [-0.25, -0.2) is 0 Å². The summed E-state index contributed by atoms with van der Waals surface area (Å²) >= 11 is 6.24. The minimum atomic E-state index is -0.0607. The van der Waals surface area contributed by atoms with Crippen molar-refractivity contribution in [3.63, 3.8) is 0 Å². The van der Waals surface area contributed by atoms with Gasteiger partial charge in [0.2, 0.25) is 5.91 Å². The minimum Gasteiger partial charge on any atom is -0.493 e. The first-order valence-electron chi connectivity index (χ1n) is 8.30. The summed E-state index contributed by atoms with van der Waals surface area (Å²) in [5.74, 6) is 1.92. The molecule has 0 aromatic heterocycles. The molecule has 0 aliphatic carbocycles. The predicted octanol–water partition coefficient (Wildman–Crippen LogP) is 3.29. The lowest BCUT2D eigenvalue weighted by Crippen LogP contribution is -2.33. The van der Waals surface area contributed by atoms with E-state index < -0.39 is 0 Å². The Morgan fingerprint density at radius 2 is 1.88 bits per heavy atom. The van der Waals surface area contributed by atoms with Gasteiger partial charge in [-0.15, -0.1) is 0 Å². The van der Waals surface area contributed by atoms with Crippen LogP contribution < -0.4 is 19.5 Å². The maximum absolute atomic E-state index is 12.5. The third-order valence-electron chi connectivity index (χ3n) is 4.32. The topological polar surface area (TPSA) is 56.8 Å². The Kier molecular flexibility index (Phi) is 4.40. The number of carbonyl (C=O) groups excluding carboxylic acids is 1. The average Bonchev–Trinajstić information content (AvgIpc) is 2.62. The Morgan fingerprint density at radius 3 is 2.80 bits per heavy atom. The van der Waals surface area contributed by atoms with Crippen LogP contribution >= 0.6 is 11.6 Å². The molecule has 2 aromatic carbocycles. The Morgan fingerprint density at radius 1 is 1.08 bits per heavy atom. The monoisotopic (exact) mass is 359 g/mol. The van der Waals surface area contributed by atoms with E-state index in [4.69, 9.17) is 25.8 Å². The number of benzene rings is 2. The lowest BCUT2D eigenvalue weighted by atomic mass is 10.00. The zero-order chi connectivity index (χ0) is 17.2. The van der Waals surface area contributed by atoms with Gasteiger partial charge in [-0.1, -0.05) is 29.8 Å². The van der Waals surface area contributed by atoms with Crippen LogP contribution in [0.4, 0.5) is 0 Å². The first-order chi connectivity index (χ1) is 12.2. The Bertz CT molecular complexity index is 808. The number of hydrogen-bond donors (Lipinski definition) is 1. The highest BCUT2D eigenvalue weighted by Gasteiger charge is 2.23. The summed E-state index contributed by atoms with van der Waals surface area (Å²) in [6, 6.07) is 11.3. The van der Waals surface area contributed by atoms with E-state index in [1.54, 1.807) is 6.07 Å². The highest BCUT2D eigenvalue weighted by Crippen LogP contribution is 2.38. The lowest BCUT2D eigenvalue weighted by molar-refractivity contribution is -0.121. The normalized spacial score (nSPS) is 18.0. The lowest BCUT2D eigenvalue weighted by Gasteiger charge is -2.26. The van der Waals surface area contributed by atoms with Gasteiger partial charge >= 0.3 is 0 Å². The van der Waals surface area contributed by atoms with Gasteiger partial charge in [0.15, 0.2) is 11.5 Å². The molecule has 2 aromatic rings. The van der Waals surface area contributed by atoms with E-state index in [1.165, 1.54) is 0 Å². The van der Waals surface area contributed by atoms with Crippen molar-refractivity contribution in [2.75, 3.05) is 19.8 Å². The van der Waals surface area contributed by atoms with Crippen molar-refractivity contribution in [1.29, 1.82) is 0 Å². The second kappa shape index (κ2) is 6.84. The minimum absolute atomic E-state index is 0.0369. The van der Waals surface area contributed by atoms with Gasteiger partial charge in [-0.3, -0.25) is 4.79 Å². The number of para-hydroxylation sites is 1. The summed E-state index contributed by atoms with van der Waals surface area (Å²) in [6.07, 6.45) is 0.987. The molecule has 4 rings (SSSR count). The predicted molar refractivity (Wildman–Crippen MR) is 93.6 cm³/mol. The quantitative estimate of drug-likeness (QED) is 0.913. The van der Waals surface area contributed by atoms with E-state index in [-0.39, 0.29) is 18.4 Å². The van der Waals surface area contributed by atoms with Gasteiger partial charge < -0.3 is 19.5 Å². The summed E-state index contributed by atoms with van der Waals surface area (Å²) in [4.78, 5) is 12.5. The van der Waals surface area contributed by atoms with E-state index in [1.807, 2.05) is 30.3 Å². The maximum atomic E-state index is 12.5. The molecule has 5 nitrogen and oxygen atoms in total. The summed E-state index contributed by atoms with van der Waals surface area (Å²) in [5, 5.41) is 3.56. The smallest absolute Gasteiger partial charge is 0.224 e. The number of ether oxygens (including phenoxy) is 3. The summed E-state index contributed by atoms with van der Waals surface area (Å²) in [7, 11) is 0. The van der Waals surface area contributed by atoms with E-state index in [2.05, 4.69) is 5.32 Å². The van der Waals surface area contributed by atoms with Crippen LogP contribution in [0.25, 0.3) is 0 Å². The van der Waals surface area contributed by atoms with E-state index in [0.29, 0.717) is 36.3 Å². The van der Waals surface area contributed by atoms with Crippen molar-refractivity contribution in [3.05, 3.63) is 52.5 Å². The highest BCUT2D eigenvalue weighted by molar-refractivity contribution is 6.32. The second-order valence-corrected chi connectivity index (χ2v) is 6.48. The molecule has 1 amide bonds. The molecule has 0 fully saturated rings. The fourth-order valence-electron chi connectivity index (χ4n) is 3.19. The number of halogens is 1. The molecule has 0 spiro atoms. The highest BCUT2D eigenvalue weighted by atomic mass is 35.5. The van der Waals surface area contributed by atoms with Crippen LogP contribution in [0, 0.1) is 0 Å². The largest absolute Gasteiger partial charge is 0.493 e. The first-order valence-corrected chi connectivity index (χ1v) is 8.67. The van der Waals surface area contributed by atoms with Crippen molar-refractivity contribution >= 4 is 17.5 Å². The zero-order valence-electron chi connectivity index (χ0n) is 13.6. The summed E-state index contributed by atoms with van der Waals surface area (Å²) in [5.41, 5.74) is 1.81. The molecule has 0 bridgehead atoms. The molecule has 2 aliphatic rings. The molecule has 0 unspecified atom stereocenters. The van der Waals surface area contributed by atoms with Crippen LogP contribution in [-0.2, 0) is 11.2 Å². The van der Waals surface area contributed by atoms with Crippen molar-refractivity contribution in [2.45, 2.75) is 18.9 Å². The van der Waals surface area contributed by atoms with E-state index in [0.717, 1.165) is 23.3 Å². The molecule has 2 aliphatic heterocycles. The van der Waals surface area contributed by atoms with Gasteiger partial charge in [-0.05, 0) is 23.8 Å². The molecule has 0 saturated carbocycles. The Labute approximate surface area is 150 Å². The van der Waals surface area contributed by atoms with Crippen LogP contribution in [0.1, 0.15) is 23.6 Å². The van der Waals surface area contributed by atoms with Crippen LogP contribution in [0.2, 0.25) is 5.02 Å². The number of fused-ring (bicyclic) bond motifs is 2. The number of hydrogen-bond acceptors (Lipinski definition) is 4. The van der Waals surface area contributed by atoms with Crippen molar-refractivity contribution in [3.8, 4) is 17.2 Å². The molecule has 0 saturated heterocycles. The average molecular weight is 360 g/mol. The van der Waals surface area contributed by atoms with Crippen LogP contribution in [0.3, 0.4) is 0 Å². The molecule has 130 valence electrons. The molecule has 25 heavy (non-hydrogen) atoms. The third-order valence-corrected chi connectivity index (χ3v) is 4.60. The second-order valence-electron chi connectivity index (χ2n) is 6.07. The number of amides is 1. The molecule has 1 atom stereocenters. The molecule has 0 radical (unpaired) electrons. The third kappa shape index (κ3) is 3.37. The van der Waals surface area contributed by atoms with Gasteiger partial charge in [0, 0.05) is 12.0 Å². The zero-order valence-corrected chi connectivity index (χ0v) is 14.3. The van der Waals surface area contributed by atoms with Crippen LogP contribution in [0.15, 0.2) is 36.4 Å². The van der Waals surface area contributed by atoms with Crippen LogP contribution in [0.5, 0.6) is 17.2 Å².